The molecule has 154 valence electrons. The standard InChI is InChI=1S/C16H11F6N5O2/c17-15(18,19)12-3-1-9(5-24-12)29-13-4-2-10(14(26-13)16(20,21)22)11(28)6-27-8-23-7-25-27/h1-5,7-8,11,28H,6H2. The molecule has 0 fully saturated rings. The van der Waals surface area contributed by atoms with Crippen LogP contribution in [-0.2, 0) is 18.9 Å². The van der Waals surface area contributed by atoms with Crippen LogP contribution in [0.2, 0.25) is 0 Å². The Labute approximate surface area is 158 Å². The summed E-state index contributed by atoms with van der Waals surface area (Å²) < 4.78 is 83.9. The van der Waals surface area contributed by atoms with E-state index >= 15 is 0 Å². The third-order valence-electron chi connectivity index (χ3n) is 3.60. The van der Waals surface area contributed by atoms with Gasteiger partial charge in [0.15, 0.2) is 5.69 Å². The Hall–Kier alpha value is -3.22. The molecule has 0 amide bonds. The fraction of sp³-hybridized carbons (Fsp3) is 0.250. The number of hydrogen-bond donors (Lipinski definition) is 1. The van der Waals surface area contributed by atoms with Crippen molar-refractivity contribution < 1.29 is 36.2 Å². The Morgan fingerprint density at radius 2 is 1.79 bits per heavy atom. The van der Waals surface area contributed by atoms with Crippen LogP contribution in [0.1, 0.15) is 23.1 Å². The Kier molecular flexibility index (Phi) is 5.42. The van der Waals surface area contributed by atoms with Crippen LogP contribution < -0.4 is 4.74 Å². The highest BCUT2D eigenvalue weighted by Gasteiger charge is 2.38. The first-order chi connectivity index (χ1) is 13.5. The van der Waals surface area contributed by atoms with Crippen molar-refractivity contribution in [1.82, 2.24) is 24.7 Å². The van der Waals surface area contributed by atoms with Gasteiger partial charge in [0.05, 0.1) is 12.7 Å². The second-order valence-corrected chi connectivity index (χ2v) is 5.70. The van der Waals surface area contributed by atoms with Gasteiger partial charge in [0.1, 0.15) is 30.2 Å². The van der Waals surface area contributed by atoms with Crippen molar-refractivity contribution in [1.29, 1.82) is 0 Å². The molecule has 1 unspecified atom stereocenters. The summed E-state index contributed by atoms with van der Waals surface area (Å²) in [5, 5.41) is 13.8. The molecule has 0 radical (unpaired) electrons. The molecule has 1 atom stereocenters. The normalized spacial score (nSPS) is 13.3. The highest BCUT2D eigenvalue weighted by Crippen LogP contribution is 2.36. The minimum atomic E-state index is -4.92. The molecule has 0 saturated heterocycles. The van der Waals surface area contributed by atoms with Gasteiger partial charge >= 0.3 is 12.4 Å². The number of aromatic nitrogens is 5. The summed E-state index contributed by atoms with van der Waals surface area (Å²) in [6.45, 7) is -0.298. The van der Waals surface area contributed by atoms with E-state index in [-0.39, 0.29) is 12.3 Å². The molecule has 0 saturated carbocycles. The molecule has 0 aliphatic carbocycles. The summed E-state index contributed by atoms with van der Waals surface area (Å²) in [4.78, 5) is 10.1. The van der Waals surface area contributed by atoms with Crippen LogP contribution in [0, 0.1) is 0 Å². The summed E-state index contributed by atoms with van der Waals surface area (Å²) in [5.74, 6) is -0.773. The van der Waals surface area contributed by atoms with E-state index < -0.39 is 41.3 Å². The quantitative estimate of drug-likeness (QED) is 0.636. The van der Waals surface area contributed by atoms with E-state index in [4.69, 9.17) is 4.74 Å². The molecule has 0 aromatic carbocycles. The maximum atomic E-state index is 13.4. The molecule has 29 heavy (non-hydrogen) atoms. The maximum absolute atomic E-state index is 13.4. The Balaban J connectivity index is 1.85. The number of halogens is 6. The van der Waals surface area contributed by atoms with E-state index in [1.54, 1.807) is 0 Å². The van der Waals surface area contributed by atoms with Crippen molar-refractivity contribution in [2.75, 3.05) is 0 Å². The molecule has 13 heteroatoms. The second kappa shape index (κ2) is 7.66. The lowest BCUT2D eigenvalue weighted by atomic mass is 10.1. The number of pyridine rings is 2. The number of hydrogen-bond acceptors (Lipinski definition) is 6. The number of aliphatic hydroxyl groups is 1. The molecule has 3 rings (SSSR count). The van der Waals surface area contributed by atoms with Gasteiger partial charge in [-0.25, -0.2) is 15.0 Å². The fourth-order valence-electron chi connectivity index (χ4n) is 2.34. The van der Waals surface area contributed by atoms with Crippen molar-refractivity contribution in [3.05, 3.63) is 60.1 Å². The average molecular weight is 419 g/mol. The van der Waals surface area contributed by atoms with Crippen molar-refractivity contribution >= 4 is 0 Å². The molecular weight excluding hydrogens is 408 g/mol. The predicted octanol–water partition coefficient (Wildman–Crippen LogP) is 3.63. The van der Waals surface area contributed by atoms with Crippen LogP contribution in [0.3, 0.4) is 0 Å². The average Bonchev–Trinajstić information content (AvgIpc) is 3.13. The topological polar surface area (TPSA) is 86.0 Å². The van der Waals surface area contributed by atoms with Gasteiger partial charge in [-0.15, -0.1) is 0 Å². The van der Waals surface area contributed by atoms with Crippen molar-refractivity contribution in [2.45, 2.75) is 25.0 Å². The Morgan fingerprint density at radius 3 is 2.34 bits per heavy atom. The van der Waals surface area contributed by atoms with Crippen LogP contribution in [0.4, 0.5) is 26.3 Å². The highest BCUT2D eigenvalue weighted by molar-refractivity contribution is 5.32. The molecule has 0 spiro atoms. The van der Waals surface area contributed by atoms with E-state index in [0.717, 1.165) is 29.2 Å². The first-order valence-electron chi connectivity index (χ1n) is 7.84. The Bertz CT molecular complexity index is 957. The summed E-state index contributed by atoms with van der Waals surface area (Å²) in [6, 6.07) is 3.53. The van der Waals surface area contributed by atoms with Gasteiger partial charge in [-0.05, 0) is 18.2 Å². The van der Waals surface area contributed by atoms with E-state index in [1.165, 1.54) is 6.33 Å². The minimum absolute atomic E-state index is 0.241. The zero-order valence-corrected chi connectivity index (χ0v) is 14.2. The fourth-order valence-corrected chi connectivity index (χ4v) is 2.34. The number of aliphatic hydroxyl groups excluding tert-OH is 1. The predicted molar refractivity (Wildman–Crippen MR) is 83.5 cm³/mol. The third-order valence-corrected chi connectivity index (χ3v) is 3.60. The van der Waals surface area contributed by atoms with Gasteiger partial charge in [-0.3, -0.25) is 4.68 Å². The minimum Gasteiger partial charge on any atom is -0.437 e. The van der Waals surface area contributed by atoms with E-state index in [2.05, 4.69) is 20.1 Å². The third kappa shape index (κ3) is 4.99. The highest BCUT2D eigenvalue weighted by atomic mass is 19.4. The molecule has 7 nitrogen and oxygen atoms in total. The van der Waals surface area contributed by atoms with Crippen molar-refractivity contribution in [2.24, 2.45) is 0 Å². The number of ether oxygens (including phenoxy) is 1. The first-order valence-corrected chi connectivity index (χ1v) is 7.84. The van der Waals surface area contributed by atoms with Crippen molar-refractivity contribution in [3.63, 3.8) is 0 Å². The van der Waals surface area contributed by atoms with Crippen molar-refractivity contribution in [3.8, 4) is 11.6 Å². The van der Waals surface area contributed by atoms with E-state index in [9.17, 15) is 31.4 Å². The lowest BCUT2D eigenvalue weighted by Gasteiger charge is -2.17. The second-order valence-electron chi connectivity index (χ2n) is 5.70. The van der Waals surface area contributed by atoms with Gasteiger partial charge < -0.3 is 9.84 Å². The van der Waals surface area contributed by atoms with Crippen LogP contribution in [-0.4, -0.2) is 29.8 Å². The van der Waals surface area contributed by atoms with Gasteiger partial charge in [-0.1, -0.05) is 0 Å². The van der Waals surface area contributed by atoms with Gasteiger partial charge in [-0.2, -0.15) is 31.4 Å². The zero-order chi connectivity index (χ0) is 21.2. The lowest BCUT2D eigenvalue weighted by Crippen LogP contribution is -2.18. The molecule has 0 aliphatic heterocycles. The van der Waals surface area contributed by atoms with Gasteiger partial charge in [0.25, 0.3) is 0 Å². The van der Waals surface area contributed by atoms with Crippen LogP contribution in [0.25, 0.3) is 0 Å². The summed E-state index contributed by atoms with van der Waals surface area (Å²) >= 11 is 0. The Morgan fingerprint density at radius 1 is 1.03 bits per heavy atom. The molecule has 3 aromatic heterocycles. The zero-order valence-electron chi connectivity index (χ0n) is 14.2. The maximum Gasteiger partial charge on any atom is 0.433 e. The summed E-state index contributed by atoms with van der Waals surface area (Å²) in [6.07, 6.45) is -8.09. The van der Waals surface area contributed by atoms with Gasteiger partial charge in [0.2, 0.25) is 5.88 Å². The number of rotatable bonds is 5. The summed E-state index contributed by atoms with van der Waals surface area (Å²) in [7, 11) is 0. The summed E-state index contributed by atoms with van der Waals surface area (Å²) in [5.41, 5.74) is -3.10. The SMILES string of the molecule is OC(Cn1cncn1)c1ccc(Oc2ccc(C(F)(F)F)nc2)nc1C(F)(F)F. The molecule has 3 heterocycles. The smallest absolute Gasteiger partial charge is 0.433 e. The van der Waals surface area contributed by atoms with Crippen LogP contribution in [0.15, 0.2) is 43.1 Å². The van der Waals surface area contributed by atoms with Gasteiger partial charge in [0, 0.05) is 11.6 Å². The number of alkyl halides is 6. The molecule has 3 aromatic rings. The molecule has 0 aliphatic rings. The monoisotopic (exact) mass is 419 g/mol. The first kappa shape index (κ1) is 20.5. The van der Waals surface area contributed by atoms with E-state index in [0.29, 0.717) is 12.3 Å². The van der Waals surface area contributed by atoms with E-state index in [1.807, 2.05) is 0 Å². The van der Waals surface area contributed by atoms with Crippen LogP contribution in [0.5, 0.6) is 11.6 Å². The lowest BCUT2D eigenvalue weighted by molar-refractivity contribution is -0.143. The molecule has 0 bridgehead atoms. The molecular formula is C16H11F6N5O2. The van der Waals surface area contributed by atoms with Crippen LogP contribution >= 0.6 is 0 Å². The largest absolute Gasteiger partial charge is 0.437 e. The number of nitrogens with zero attached hydrogens (tertiary/aromatic N) is 5. The molecule has 1 N–H and O–H groups in total.